The number of hydrogen-bond donors (Lipinski definition) is 2. The summed E-state index contributed by atoms with van der Waals surface area (Å²) < 4.78 is 12.9. The summed E-state index contributed by atoms with van der Waals surface area (Å²) in [5, 5.41) is 5.69. The Morgan fingerprint density at radius 3 is 2.22 bits per heavy atom. The predicted molar refractivity (Wildman–Crippen MR) is 88.4 cm³/mol. The fourth-order valence-electron chi connectivity index (χ4n) is 1.90. The Balaban J connectivity index is 2.20. The van der Waals surface area contributed by atoms with Crippen LogP contribution < -0.4 is 10.6 Å². The molecule has 0 aliphatic rings. The quantitative estimate of drug-likeness (QED) is 0.891. The average molecular weight is 335 g/mol. The molecule has 0 spiro atoms. The standard InChI is InChI=1S/C17H16ClFN2O2/c1-10(2)20-17(23)12-5-8-14(18)15(9-12)21-16(22)11-3-6-13(19)7-4-11/h3-10H,1-2H3,(H,20,23)(H,21,22). The van der Waals surface area contributed by atoms with Crippen molar-refractivity contribution in [2.24, 2.45) is 0 Å². The summed E-state index contributed by atoms with van der Waals surface area (Å²) in [4.78, 5) is 24.1. The van der Waals surface area contributed by atoms with Gasteiger partial charge < -0.3 is 10.6 Å². The minimum Gasteiger partial charge on any atom is -0.350 e. The predicted octanol–water partition coefficient (Wildman–Crippen LogP) is 3.87. The van der Waals surface area contributed by atoms with Crippen molar-refractivity contribution >= 4 is 29.1 Å². The second kappa shape index (κ2) is 7.24. The van der Waals surface area contributed by atoms with Gasteiger partial charge in [-0.1, -0.05) is 11.6 Å². The van der Waals surface area contributed by atoms with Crippen molar-refractivity contribution in [2.75, 3.05) is 5.32 Å². The van der Waals surface area contributed by atoms with Gasteiger partial charge in [0.15, 0.2) is 0 Å². The van der Waals surface area contributed by atoms with Gasteiger partial charge in [-0.05, 0) is 56.3 Å². The molecule has 0 aliphatic heterocycles. The number of carbonyl (C=O) groups is 2. The first-order chi connectivity index (χ1) is 10.9. The molecule has 6 heteroatoms. The fraction of sp³-hybridized carbons (Fsp3) is 0.176. The number of halogens is 2. The number of anilines is 1. The van der Waals surface area contributed by atoms with Crippen LogP contribution >= 0.6 is 11.6 Å². The summed E-state index contributed by atoms with van der Waals surface area (Å²) in [7, 11) is 0. The average Bonchev–Trinajstić information content (AvgIpc) is 2.49. The van der Waals surface area contributed by atoms with Crippen molar-refractivity contribution in [1.82, 2.24) is 5.32 Å². The molecule has 2 rings (SSSR count). The third-order valence-corrected chi connectivity index (χ3v) is 3.33. The lowest BCUT2D eigenvalue weighted by Gasteiger charge is -2.11. The smallest absolute Gasteiger partial charge is 0.255 e. The lowest BCUT2D eigenvalue weighted by atomic mass is 10.1. The van der Waals surface area contributed by atoms with Gasteiger partial charge in [0, 0.05) is 17.2 Å². The molecule has 0 aliphatic carbocycles. The van der Waals surface area contributed by atoms with Crippen LogP contribution in [-0.4, -0.2) is 17.9 Å². The zero-order valence-corrected chi connectivity index (χ0v) is 13.4. The second-order valence-electron chi connectivity index (χ2n) is 5.28. The van der Waals surface area contributed by atoms with Crippen molar-refractivity contribution in [2.45, 2.75) is 19.9 Å². The van der Waals surface area contributed by atoms with E-state index in [0.717, 1.165) is 0 Å². The van der Waals surface area contributed by atoms with E-state index in [9.17, 15) is 14.0 Å². The first-order valence-corrected chi connectivity index (χ1v) is 7.42. The van der Waals surface area contributed by atoms with Crippen LogP contribution in [0.2, 0.25) is 5.02 Å². The molecule has 0 atom stereocenters. The van der Waals surface area contributed by atoms with Crippen molar-refractivity contribution in [3.8, 4) is 0 Å². The van der Waals surface area contributed by atoms with E-state index in [1.165, 1.54) is 36.4 Å². The molecule has 2 aromatic carbocycles. The molecule has 120 valence electrons. The number of benzene rings is 2. The molecule has 2 amide bonds. The molecule has 0 unspecified atom stereocenters. The normalized spacial score (nSPS) is 10.5. The van der Waals surface area contributed by atoms with E-state index in [-0.39, 0.29) is 11.9 Å². The Labute approximate surface area is 138 Å². The van der Waals surface area contributed by atoms with Crippen molar-refractivity contribution in [1.29, 1.82) is 0 Å². The van der Waals surface area contributed by atoms with Gasteiger partial charge in [0.1, 0.15) is 5.82 Å². The van der Waals surface area contributed by atoms with Crippen LogP contribution in [0.1, 0.15) is 34.6 Å². The molecule has 0 radical (unpaired) electrons. The molecule has 2 aromatic rings. The summed E-state index contributed by atoms with van der Waals surface area (Å²) in [5.74, 6) is -1.12. The minimum atomic E-state index is -0.437. The molecule has 23 heavy (non-hydrogen) atoms. The van der Waals surface area contributed by atoms with Crippen molar-refractivity contribution in [3.63, 3.8) is 0 Å². The Morgan fingerprint density at radius 2 is 1.61 bits per heavy atom. The second-order valence-corrected chi connectivity index (χ2v) is 5.69. The van der Waals surface area contributed by atoms with Gasteiger partial charge in [0.05, 0.1) is 10.7 Å². The summed E-state index contributed by atoms with van der Waals surface area (Å²) in [6, 6.07) is 9.75. The Kier molecular flexibility index (Phi) is 5.34. The van der Waals surface area contributed by atoms with Gasteiger partial charge >= 0.3 is 0 Å². The highest BCUT2D eigenvalue weighted by Gasteiger charge is 2.13. The molecular formula is C17H16ClFN2O2. The van der Waals surface area contributed by atoms with Crippen LogP contribution in [0.3, 0.4) is 0 Å². The Bertz CT molecular complexity index is 730. The molecule has 2 N–H and O–H groups in total. The van der Waals surface area contributed by atoms with E-state index < -0.39 is 11.7 Å². The number of amides is 2. The third kappa shape index (κ3) is 4.53. The highest BCUT2D eigenvalue weighted by Crippen LogP contribution is 2.24. The van der Waals surface area contributed by atoms with Crippen LogP contribution in [0.5, 0.6) is 0 Å². The molecule has 0 saturated carbocycles. The van der Waals surface area contributed by atoms with E-state index in [1.807, 2.05) is 13.8 Å². The molecule has 0 bridgehead atoms. The largest absolute Gasteiger partial charge is 0.350 e. The van der Waals surface area contributed by atoms with Gasteiger partial charge in [-0.2, -0.15) is 0 Å². The Morgan fingerprint density at radius 1 is 1.00 bits per heavy atom. The number of hydrogen-bond acceptors (Lipinski definition) is 2. The van der Waals surface area contributed by atoms with Gasteiger partial charge in [0.2, 0.25) is 0 Å². The molecule has 4 nitrogen and oxygen atoms in total. The lowest BCUT2D eigenvalue weighted by Crippen LogP contribution is -2.30. The van der Waals surface area contributed by atoms with E-state index in [2.05, 4.69) is 10.6 Å². The van der Waals surface area contributed by atoms with Gasteiger partial charge in [0.25, 0.3) is 11.8 Å². The monoisotopic (exact) mass is 334 g/mol. The molecule has 0 fully saturated rings. The number of carbonyl (C=O) groups excluding carboxylic acids is 2. The highest BCUT2D eigenvalue weighted by atomic mass is 35.5. The topological polar surface area (TPSA) is 58.2 Å². The van der Waals surface area contributed by atoms with Crippen LogP contribution in [0.4, 0.5) is 10.1 Å². The fourth-order valence-corrected chi connectivity index (χ4v) is 2.07. The minimum absolute atomic E-state index is 0.00423. The van der Waals surface area contributed by atoms with E-state index in [4.69, 9.17) is 11.6 Å². The maximum Gasteiger partial charge on any atom is 0.255 e. The zero-order valence-electron chi connectivity index (χ0n) is 12.7. The number of rotatable bonds is 4. The SMILES string of the molecule is CC(C)NC(=O)c1ccc(Cl)c(NC(=O)c2ccc(F)cc2)c1. The van der Waals surface area contributed by atoms with E-state index in [0.29, 0.717) is 21.8 Å². The first-order valence-electron chi connectivity index (χ1n) is 7.04. The third-order valence-electron chi connectivity index (χ3n) is 3.00. The van der Waals surface area contributed by atoms with Crippen LogP contribution in [0.25, 0.3) is 0 Å². The van der Waals surface area contributed by atoms with E-state index in [1.54, 1.807) is 6.07 Å². The zero-order chi connectivity index (χ0) is 17.0. The van der Waals surface area contributed by atoms with Crippen LogP contribution in [-0.2, 0) is 0 Å². The first kappa shape index (κ1) is 17.0. The Hall–Kier alpha value is -2.40. The van der Waals surface area contributed by atoms with E-state index >= 15 is 0 Å². The van der Waals surface area contributed by atoms with Gasteiger partial charge in [-0.25, -0.2) is 4.39 Å². The summed E-state index contributed by atoms with van der Waals surface area (Å²) in [5.41, 5.74) is 0.995. The molecule has 0 heterocycles. The lowest BCUT2D eigenvalue weighted by molar-refractivity contribution is 0.0942. The van der Waals surface area contributed by atoms with Crippen molar-refractivity contribution < 1.29 is 14.0 Å². The van der Waals surface area contributed by atoms with Crippen LogP contribution in [0, 0.1) is 5.82 Å². The maximum absolute atomic E-state index is 12.9. The molecular weight excluding hydrogens is 319 g/mol. The summed E-state index contributed by atoms with van der Waals surface area (Å²) in [6.07, 6.45) is 0. The van der Waals surface area contributed by atoms with Gasteiger partial charge in [-0.15, -0.1) is 0 Å². The highest BCUT2D eigenvalue weighted by molar-refractivity contribution is 6.34. The summed E-state index contributed by atoms with van der Waals surface area (Å²) >= 11 is 6.06. The van der Waals surface area contributed by atoms with Crippen molar-refractivity contribution in [3.05, 3.63) is 64.4 Å². The molecule has 0 aromatic heterocycles. The van der Waals surface area contributed by atoms with Gasteiger partial charge in [-0.3, -0.25) is 9.59 Å². The maximum atomic E-state index is 12.9. The summed E-state index contributed by atoms with van der Waals surface area (Å²) in [6.45, 7) is 3.70. The number of nitrogens with one attached hydrogen (secondary N) is 2. The van der Waals surface area contributed by atoms with Crippen LogP contribution in [0.15, 0.2) is 42.5 Å². The molecule has 0 saturated heterocycles.